The van der Waals surface area contributed by atoms with Crippen molar-refractivity contribution in [3.8, 4) is 5.75 Å². The number of aliphatic hydroxyl groups excluding tert-OH is 1. The SMILES string of the molecule is O=C(COc1ccc(Cl)cc1)N1CCNC(CCO)C1Cc1ccc(F)cc1. The van der Waals surface area contributed by atoms with Gasteiger partial charge in [0, 0.05) is 30.8 Å². The highest BCUT2D eigenvalue weighted by molar-refractivity contribution is 6.30. The molecule has 2 aromatic carbocycles. The van der Waals surface area contributed by atoms with E-state index in [2.05, 4.69) is 5.32 Å². The van der Waals surface area contributed by atoms with Crippen molar-refractivity contribution in [2.45, 2.75) is 24.9 Å². The summed E-state index contributed by atoms with van der Waals surface area (Å²) in [7, 11) is 0. The van der Waals surface area contributed by atoms with Crippen LogP contribution in [0.2, 0.25) is 5.02 Å². The third-order valence-electron chi connectivity index (χ3n) is 4.92. The zero-order chi connectivity index (χ0) is 19.9. The van der Waals surface area contributed by atoms with Gasteiger partial charge in [-0.2, -0.15) is 0 Å². The van der Waals surface area contributed by atoms with Crippen molar-refractivity contribution >= 4 is 17.5 Å². The van der Waals surface area contributed by atoms with Gasteiger partial charge in [-0.05, 0) is 54.8 Å². The van der Waals surface area contributed by atoms with E-state index in [1.54, 1.807) is 41.3 Å². The minimum Gasteiger partial charge on any atom is -0.484 e. The Kier molecular flexibility index (Phi) is 7.25. The van der Waals surface area contributed by atoms with Gasteiger partial charge in [-0.25, -0.2) is 4.39 Å². The standard InChI is InChI=1S/C21H24ClFN2O3/c22-16-3-7-18(8-4-16)28-14-21(27)25-11-10-24-19(9-12-26)20(25)13-15-1-5-17(23)6-2-15/h1-8,19-20,24,26H,9-14H2. The van der Waals surface area contributed by atoms with Crippen LogP contribution in [0.15, 0.2) is 48.5 Å². The van der Waals surface area contributed by atoms with Gasteiger partial charge in [-0.15, -0.1) is 0 Å². The second kappa shape index (κ2) is 9.87. The third-order valence-corrected chi connectivity index (χ3v) is 5.17. The molecule has 28 heavy (non-hydrogen) atoms. The van der Waals surface area contributed by atoms with E-state index in [9.17, 15) is 14.3 Å². The van der Waals surface area contributed by atoms with Crippen molar-refractivity contribution in [3.05, 3.63) is 64.9 Å². The lowest BCUT2D eigenvalue weighted by molar-refractivity contribution is -0.137. The monoisotopic (exact) mass is 406 g/mol. The summed E-state index contributed by atoms with van der Waals surface area (Å²) in [6, 6.07) is 13.0. The van der Waals surface area contributed by atoms with Crippen molar-refractivity contribution in [3.63, 3.8) is 0 Å². The predicted octanol–water partition coefficient (Wildman–Crippen LogP) is 2.65. The first-order valence-electron chi connectivity index (χ1n) is 9.33. The second-order valence-corrected chi connectivity index (χ2v) is 7.24. The van der Waals surface area contributed by atoms with Crippen molar-refractivity contribution in [1.82, 2.24) is 10.2 Å². The third kappa shape index (κ3) is 5.44. The van der Waals surface area contributed by atoms with Crippen LogP contribution in [0.4, 0.5) is 4.39 Å². The Balaban J connectivity index is 1.70. The lowest BCUT2D eigenvalue weighted by Crippen LogP contribution is -2.61. The van der Waals surface area contributed by atoms with E-state index in [0.717, 1.165) is 5.56 Å². The molecule has 1 aliphatic heterocycles. The van der Waals surface area contributed by atoms with Crippen molar-refractivity contribution in [2.75, 3.05) is 26.3 Å². The quantitative estimate of drug-likeness (QED) is 0.742. The summed E-state index contributed by atoms with van der Waals surface area (Å²) in [6.07, 6.45) is 1.11. The first-order chi connectivity index (χ1) is 13.6. The molecule has 5 nitrogen and oxygen atoms in total. The fourth-order valence-corrected chi connectivity index (χ4v) is 3.63. The molecule has 1 fully saturated rings. The number of halogens is 2. The Bertz CT molecular complexity index is 768. The molecule has 0 radical (unpaired) electrons. The van der Waals surface area contributed by atoms with Gasteiger partial charge in [0.05, 0.1) is 6.04 Å². The maximum Gasteiger partial charge on any atom is 0.260 e. The number of amides is 1. The Morgan fingerprint density at radius 3 is 2.61 bits per heavy atom. The number of nitrogens with zero attached hydrogens (tertiary/aromatic N) is 1. The van der Waals surface area contributed by atoms with E-state index in [0.29, 0.717) is 36.7 Å². The summed E-state index contributed by atoms with van der Waals surface area (Å²) in [5.74, 6) is 0.170. The number of piperazine rings is 1. The van der Waals surface area contributed by atoms with Gasteiger partial charge in [-0.1, -0.05) is 23.7 Å². The number of carbonyl (C=O) groups excluding carboxylic acids is 1. The second-order valence-electron chi connectivity index (χ2n) is 6.80. The molecule has 7 heteroatoms. The minimum absolute atomic E-state index is 0.0287. The molecule has 0 aromatic heterocycles. The molecule has 150 valence electrons. The Labute approximate surface area is 169 Å². The molecule has 0 saturated carbocycles. The molecule has 2 N–H and O–H groups in total. The maximum atomic E-state index is 13.2. The average Bonchev–Trinajstić information content (AvgIpc) is 2.70. The highest BCUT2D eigenvalue weighted by atomic mass is 35.5. The summed E-state index contributed by atoms with van der Waals surface area (Å²) in [4.78, 5) is 14.7. The fourth-order valence-electron chi connectivity index (χ4n) is 3.51. The normalized spacial score (nSPS) is 19.5. The molecular weight excluding hydrogens is 383 g/mol. The molecule has 0 aliphatic carbocycles. The smallest absolute Gasteiger partial charge is 0.260 e. The molecule has 3 rings (SSSR count). The molecule has 0 spiro atoms. The van der Waals surface area contributed by atoms with Crippen LogP contribution in [-0.4, -0.2) is 54.3 Å². The highest BCUT2D eigenvalue weighted by Crippen LogP contribution is 2.20. The highest BCUT2D eigenvalue weighted by Gasteiger charge is 2.34. The number of ether oxygens (including phenoxy) is 1. The van der Waals surface area contributed by atoms with Crippen LogP contribution < -0.4 is 10.1 Å². The van der Waals surface area contributed by atoms with Crippen LogP contribution >= 0.6 is 11.6 Å². The van der Waals surface area contributed by atoms with Crippen molar-refractivity contribution < 1.29 is 19.0 Å². The maximum absolute atomic E-state index is 13.2. The van der Waals surface area contributed by atoms with E-state index in [1.165, 1.54) is 12.1 Å². The number of hydrogen-bond donors (Lipinski definition) is 2. The lowest BCUT2D eigenvalue weighted by Gasteiger charge is -2.42. The van der Waals surface area contributed by atoms with Gasteiger partial charge in [0.2, 0.25) is 0 Å². The topological polar surface area (TPSA) is 61.8 Å². The van der Waals surface area contributed by atoms with Crippen LogP contribution in [-0.2, 0) is 11.2 Å². The van der Waals surface area contributed by atoms with E-state index < -0.39 is 0 Å². The Morgan fingerprint density at radius 1 is 1.21 bits per heavy atom. The van der Waals surface area contributed by atoms with Gasteiger partial charge >= 0.3 is 0 Å². The van der Waals surface area contributed by atoms with Crippen molar-refractivity contribution in [1.29, 1.82) is 0 Å². The molecule has 1 aliphatic rings. The Hall–Kier alpha value is -2.15. The Morgan fingerprint density at radius 2 is 1.93 bits per heavy atom. The zero-order valence-corrected chi connectivity index (χ0v) is 16.2. The van der Waals surface area contributed by atoms with Crippen molar-refractivity contribution in [2.24, 2.45) is 0 Å². The first-order valence-corrected chi connectivity index (χ1v) is 9.71. The van der Waals surface area contributed by atoms with Crippen LogP contribution in [0.3, 0.4) is 0 Å². The van der Waals surface area contributed by atoms with Crippen LogP contribution in [0.1, 0.15) is 12.0 Å². The lowest BCUT2D eigenvalue weighted by atomic mass is 9.93. The molecule has 1 heterocycles. The predicted molar refractivity (Wildman–Crippen MR) is 106 cm³/mol. The van der Waals surface area contributed by atoms with Gasteiger partial charge in [0.1, 0.15) is 11.6 Å². The number of carbonyl (C=O) groups is 1. The van der Waals surface area contributed by atoms with Crippen LogP contribution in [0, 0.1) is 5.82 Å². The summed E-state index contributed by atoms with van der Waals surface area (Å²) in [5, 5.41) is 13.4. The number of nitrogens with one attached hydrogen (secondary N) is 1. The van der Waals surface area contributed by atoms with Gasteiger partial charge in [-0.3, -0.25) is 4.79 Å². The number of aliphatic hydroxyl groups is 1. The average molecular weight is 407 g/mol. The fraction of sp³-hybridized carbons (Fsp3) is 0.381. The van der Waals surface area contributed by atoms with E-state index >= 15 is 0 Å². The number of benzene rings is 2. The van der Waals surface area contributed by atoms with Gasteiger partial charge in [0.15, 0.2) is 6.61 Å². The van der Waals surface area contributed by atoms with Gasteiger partial charge in [0.25, 0.3) is 5.91 Å². The molecule has 1 saturated heterocycles. The van der Waals surface area contributed by atoms with E-state index in [1.807, 2.05) is 0 Å². The summed E-state index contributed by atoms with van der Waals surface area (Å²) >= 11 is 5.87. The largest absolute Gasteiger partial charge is 0.484 e. The summed E-state index contributed by atoms with van der Waals surface area (Å²) < 4.78 is 18.8. The molecule has 0 bridgehead atoms. The van der Waals surface area contributed by atoms with E-state index in [4.69, 9.17) is 16.3 Å². The van der Waals surface area contributed by atoms with Crippen LogP contribution in [0.5, 0.6) is 5.75 Å². The van der Waals surface area contributed by atoms with E-state index in [-0.39, 0.29) is 37.0 Å². The molecule has 1 amide bonds. The molecule has 2 aromatic rings. The molecule has 2 unspecified atom stereocenters. The molecular formula is C21H24ClFN2O3. The summed E-state index contributed by atoms with van der Waals surface area (Å²) in [6.45, 7) is 1.15. The molecule has 2 atom stereocenters. The summed E-state index contributed by atoms with van der Waals surface area (Å²) in [5.41, 5.74) is 0.939. The number of rotatable bonds is 7. The van der Waals surface area contributed by atoms with Crippen LogP contribution in [0.25, 0.3) is 0 Å². The minimum atomic E-state index is -0.290. The van der Waals surface area contributed by atoms with Gasteiger partial charge < -0.3 is 20.1 Å². The number of hydrogen-bond acceptors (Lipinski definition) is 4. The first kappa shape index (κ1) is 20.6. The zero-order valence-electron chi connectivity index (χ0n) is 15.5.